The maximum absolute atomic E-state index is 10.1. The van der Waals surface area contributed by atoms with Crippen molar-refractivity contribution >= 4 is 0 Å². The highest BCUT2D eigenvalue weighted by Gasteiger charge is 2.17. The highest BCUT2D eigenvalue weighted by atomic mass is 16.3. The van der Waals surface area contributed by atoms with Crippen LogP contribution in [-0.4, -0.2) is 20.1 Å². The fraction of sp³-hybridized carbons (Fsp3) is 0.467. The lowest BCUT2D eigenvalue weighted by Gasteiger charge is -2.19. The highest BCUT2D eigenvalue weighted by Crippen LogP contribution is 2.26. The molecule has 2 rings (SSSR count). The molecule has 0 spiro atoms. The molecule has 1 heterocycles. The molecule has 1 unspecified atom stereocenters. The van der Waals surface area contributed by atoms with Crippen molar-refractivity contribution in [3.8, 4) is 5.69 Å². The number of aromatic nitrogens is 3. The molecular weight excluding hydrogens is 238 g/mol. The lowest BCUT2D eigenvalue weighted by atomic mass is 9.89. The minimum absolute atomic E-state index is 0.219. The first-order valence-electron chi connectivity index (χ1n) is 6.61. The summed E-state index contributed by atoms with van der Waals surface area (Å²) in [6, 6.07) is 9.70. The lowest BCUT2D eigenvalue weighted by molar-refractivity contribution is 0.143. The van der Waals surface area contributed by atoms with Crippen LogP contribution < -0.4 is 0 Å². The number of rotatable bonds is 4. The molecule has 0 amide bonds. The van der Waals surface area contributed by atoms with Gasteiger partial charge in [0.05, 0.1) is 18.0 Å². The van der Waals surface area contributed by atoms with Gasteiger partial charge in [0.25, 0.3) is 0 Å². The topological polar surface area (TPSA) is 50.9 Å². The maximum Gasteiger partial charge on any atom is 0.112 e. The Kier molecular flexibility index (Phi) is 4.00. The molecule has 2 aromatic rings. The molecular formula is C15H21N3O. The van der Waals surface area contributed by atoms with Gasteiger partial charge in [0.2, 0.25) is 0 Å². The summed E-state index contributed by atoms with van der Waals surface area (Å²) in [5, 5.41) is 18.7. The number of aliphatic hydroxyl groups is 1. The van der Waals surface area contributed by atoms with Crippen LogP contribution in [0.1, 0.15) is 45.4 Å². The summed E-state index contributed by atoms with van der Waals surface area (Å²) in [6.45, 7) is 6.50. The zero-order valence-electron chi connectivity index (χ0n) is 11.7. The van der Waals surface area contributed by atoms with Gasteiger partial charge >= 0.3 is 0 Å². The van der Waals surface area contributed by atoms with E-state index in [0.717, 1.165) is 12.1 Å². The van der Waals surface area contributed by atoms with Crippen molar-refractivity contribution in [2.24, 2.45) is 5.41 Å². The number of aliphatic hydroxyl groups excluding tert-OH is 1. The second-order valence-electron chi connectivity index (χ2n) is 6.01. The molecule has 102 valence electrons. The molecule has 0 radical (unpaired) electrons. The van der Waals surface area contributed by atoms with Gasteiger partial charge in [-0.05, 0) is 30.4 Å². The van der Waals surface area contributed by atoms with Gasteiger partial charge in [0.15, 0.2) is 0 Å². The zero-order valence-corrected chi connectivity index (χ0v) is 11.7. The number of benzene rings is 1. The van der Waals surface area contributed by atoms with Crippen molar-refractivity contribution in [3.63, 3.8) is 0 Å². The zero-order chi connectivity index (χ0) is 13.9. The third-order valence-corrected chi connectivity index (χ3v) is 3.01. The van der Waals surface area contributed by atoms with Gasteiger partial charge in [-0.3, -0.25) is 0 Å². The van der Waals surface area contributed by atoms with Crippen LogP contribution >= 0.6 is 0 Å². The number of nitrogens with zero attached hydrogens (tertiary/aromatic N) is 3. The van der Waals surface area contributed by atoms with Crippen molar-refractivity contribution < 1.29 is 5.11 Å². The van der Waals surface area contributed by atoms with Gasteiger partial charge < -0.3 is 5.11 Å². The molecule has 0 aliphatic carbocycles. The summed E-state index contributed by atoms with van der Waals surface area (Å²) >= 11 is 0. The van der Waals surface area contributed by atoms with Crippen LogP contribution in [0.4, 0.5) is 0 Å². The number of para-hydroxylation sites is 1. The summed E-state index contributed by atoms with van der Waals surface area (Å²) in [6.07, 6.45) is 2.75. The Morgan fingerprint density at radius 2 is 1.89 bits per heavy atom. The fourth-order valence-electron chi connectivity index (χ4n) is 1.83. The molecule has 0 aliphatic heterocycles. The second-order valence-corrected chi connectivity index (χ2v) is 6.01. The maximum atomic E-state index is 10.1. The largest absolute Gasteiger partial charge is 0.387 e. The predicted octanol–water partition coefficient (Wildman–Crippen LogP) is 3.13. The van der Waals surface area contributed by atoms with Crippen LogP contribution in [-0.2, 0) is 0 Å². The normalized spacial score (nSPS) is 13.5. The summed E-state index contributed by atoms with van der Waals surface area (Å²) in [5.74, 6) is 0. The van der Waals surface area contributed by atoms with Gasteiger partial charge in [-0.25, -0.2) is 0 Å². The monoisotopic (exact) mass is 259 g/mol. The van der Waals surface area contributed by atoms with E-state index in [4.69, 9.17) is 0 Å². The second kappa shape index (κ2) is 5.53. The van der Waals surface area contributed by atoms with Crippen LogP contribution in [0.5, 0.6) is 0 Å². The van der Waals surface area contributed by atoms with E-state index >= 15 is 0 Å². The van der Waals surface area contributed by atoms with E-state index in [2.05, 4.69) is 31.0 Å². The minimum atomic E-state index is -0.545. The van der Waals surface area contributed by atoms with E-state index in [-0.39, 0.29) is 5.41 Å². The molecule has 1 aromatic carbocycles. The van der Waals surface area contributed by atoms with Crippen LogP contribution in [0.25, 0.3) is 5.69 Å². The number of hydrogen-bond donors (Lipinski definition) is 1. The van der Waals surface area contributed by atoms with Crippen molar-refractivity contribution in [2.75, 3.05) is 0 Å². The molecule has 1 atom stereocenters. The van der Waals surface area contributed by atoms with Crippen molar-refractivity contribution in [2.45, 2.75) is 39.7 Å². The molecule has 0 saturated carbocycles. The molecule has 4 heteroatoms. The Balaban J connectivity index is 2.05. The number of hydrogen-bond acceptors (Lipinski definition) is 3. The van der Waals surface area contributed by atoms with Gasteiger partial charge in [-0.15, -0.1) is 0 Å². The van der Waals surface area contributed by atoms with Crippen LogP contribution in [0.3, 0.4) is 0 Å². The Labute approximate surface area is 114 Å². The molecule has 0 saturated heterocycles. The van der Waals surface area contributed by atoms with Crippen LogP contribution in [0.15, 0.2) is 36.5 Å². The van der Waals surface area contributed by atoms with Gasteiger partial charge in [-0.1, -0.05) is 39.0 Å². The van der Waals surface area contributed by atoms with E-state index in [9.17, 15) is 5.11 Å². The minimum Gasteiger partial charge on any atom is -0.387 e. The fourth-order valence-corrected chi connectivity index (χ4v) is 1.83. The van der Waals surface area contributed by atoms with E-state index in [1.54, 1.807) is 11.0 Å². The van der Waals surface area contributed by atoms with E-state index in [1.165, 1.54) is 0 Å². The van der Waals surface area contributed by atoms with Crippen molar-refractivity contribution in [1.82, 2.24) is 15.0 Å². The molecule has 1 aromatic heterocycles. The molecule has 0 aliphatic rings. The van der Waals surface area contributed by atoms with Gasteiger partial charge in [0.1, 0.15) is 5.69 Å². The van der Waals surface area contributed by atoms with Crippen molar-refractivity contribution in [1.29, 1.82) is 0 Å². The molecule has 1 N–H and O–H groups in total. The molecule has 0 bridgehead atoms. The van der Waals surface area contributed by atoms with Crippen LogP contribution in [0.2, 0.25) is 0 Å². The third-order valence-electron chi connectivity index (χ3n) is 3.01. The average molecular weight is 259 g/mol. The Bertz CT molecular complexity index is 514. The summed E-state index contributed by atoms with van der Waals surface area (Å²) < 4.78 is 0. The van der Waals surface area contributed by atoms with Gasteiger partial charge in [-0.2, -0.15) is 15.0 Å². The smallest absolute Gasteiger partial charge is 0.112 e. The van der Waals surface area contributed by atoms with Crippen molar-refractivity contribution in [3.05, 3.63) is 42.2 Å². The quantitative estimate of drug-likeness (QED) is 0.917. The molecule has 19 heavy (non-hydrogen) atoms. The predicted molar refractivity (Wildman–Crippen MR) is 75.0 cm³/mol. The standard InChI is InChI=1S/C15H21N3O/c1-15(2,3)10-9-14(19)13-11-16-18(17-13)12-7-5-4-6-8-12/h4-8,11,14,19H,9-10H2,1-3H3. The first kappa shape index (κ1) is 13.7. The highest BCUT2D eigenvalue weighted by molar-refractivity contribution is 5.28. The average Bonchev–Trinajstić information content (AvgIpc) is 2.86. The van der Waals surface area contributed by atoms with E-state index in [0.29, 0.717) is 12.1 Å². The van der Waals surface area contributed by atoms with Crippen LogP contribution in [0, 0.1) is 5.41 Å². The Morgan fingerprint density at radius 1 is 1.21 bits per heavy atom. The first-order chi connectivity index (χ1) is 8.96. The van der Waals surface area contributed by atoms with E-state index in [1.807, 2.05) is 30.3 Å². The summed E-state index contributed by atoms with van der Waals surface area (Å²) in [5.41, 5.74) is 1.75. The van der Waals surface area contributed by atoms with E-state index < -0.39 is 6.10 Å². The molecule has 4 nitrogen and oxygen atoms in total. The summed E-state index contributed by atoms with van der Waals surface area (Å²) in [7, 11) is 0. The third kappa shape index (κ3) is 3.89. The Morgan fingerprint density at radius 3 is 2.53 bits per heavy atom. The Hall–Kier alpha value is -1.68. The van der Waals surface area contributed by atoms with Gasteiger partial charge in [0, 0.05) is 0 Å². The lowest BCUT2D eigenvalue weighted by Crippen LogP contribution is -2.09. The summed E-state index contributed by atoms with van der Waals surface area (Å²) in [4.78, 5) is 1.55. The SMILES string of the molecule is CC(C)(C)CCC(O)c1cnn(-c2ccccc2)n1. The molecule has 0 fully saturated rings. The first-order valence-corrected chi connectivity index (χ1v) is 6.61.